The Kier molecular flexibility index (Phi) is 5.19. The van der Waals surface area contributed by atoms with E-state index in [-0.39, 0.29) is 11.9 Å². The summed E-state index contributed by atoms with van der Waals surface area (Å²) in [6, 6.07) is 8.76. The van der Waals surface area contributed by atoms with Gasteiger partial charge in [-0.2, -0.15) is 5.10 Å². The second-order valence-corrected chi connectivity index (χ2v) is 5.74. The van der Waals surface area contributed by atoms with Crippen molar-refractivity contribution in [3.05, 3.63) is 54.1 Å². The molecule has 5 heteroatoms. The zero-order valence-corrected chi connectivity index (χ0v) is 12.7. The van der Waals surface area contributed by atoms with Crippen molar-refractivity contribution in [3.63, 3.8) is 0 Å². The van der Waals surface area contributed by atoms with Gasteiger partial charge in [0, 0.05) is 31.0 Å². The number of likely N-dealkylation sites (tertiary alicyclic amines) is 1. The van der Waals surface area contributed by atoms with Gasteiger partial charge in [-0.3, -0.25) is 9.58 Å². The summed E-state index contributed by atoms with van der Waals surface area (Å²) in [7, 11) is 0. The molecule has 2 aromatic rings. The van der Waals surface area contributed by atoms with Crippen LogP contribution in [0, 0.1) is 5.82 Å². The van der Waals surface area contributed by atoms with E-state index >= 15 is 0 Å². The molecule has 1 aromatic carbocycles. The molecule has 3 rings (SSSR count). The van der Waals surface area contributed by atoms with Gasteiger partial charge < -0.3 is 4.74 Å². The van der Waals surface area contributed by atoms with Crippen LogP contribution in [-0.2, 0) is 17.9 Å². The zero-order chi connectivity index (χ0) is 15.2. The molecule has 0 unspecified atom stereocenters. The van der Waals surface area contributed by atoms with Crippen LogP contribution in [0.15, 0.2) is 42.7 Å². The van der Waals surface area contributed by atoms with Crippen LogP contribution in [0.3, 0.4) is 0 Å². The summed E-state index contributed by atoms with van der Waals surface area (Å²) >= 11 is 0. The van der Waals surface area contributed by atoms with Crippen LogP contribution < -0.4 is 0 Å². The highest BCUT2D eigenvalue weighted by Gasteiger charge is 2.20. The van der Waals surface area contributed by atoms with Gasteiger partial charge in [0.25, 0.3) is 0 Å². The summed E-state index contributed by atoms with van der Waals surface area (Å²) in [5.41, 5.74) is 0.635. The molecule has 4 nitrogen and oxygen atoms in total. The maximum Gasteiger partial charge on any atom is 0.128 e. The number of rotatable bonds is 6. The molecule has 1 saturated heterocycles. The lowest BCUT2D eigenvalue weighted by molar-refractivity contribution is -0.0117. The third-order valence-corrected chi connectivity index (χ3v) is 4.10. The zero-order valence-electron chi connectivity index (χ0n) is 12.7. The monoisotopic (exact) mass is 303 g/mol. The molecule has 1 aromatic heterocycles. The Bertz CT molecular complexity index is 573. The molecule has 0 N–H and O–H groups in total. The van der Waals surface area contributed by atoms with Gasteiger partial charge in [0.05, 0.1) is 19.3 Å². The highest BCUT2D eigenvalue weighted by molar-refractivity contribution is 5.16. The number of benzene rings is 1. The average molecular weight is 303 g/mol. The van der Waals surface area contributed by atoms with E-state index < -0.39 is 0 Å². The molecule has 1 atom stereocenters. The van der Waals surface area contributed by atoms with Crippen LogP contribution in [0.2, 0.25) is 0 Å². The Morgan fingerprint density at radius 1 is 1.23 bits per heavy atom. The van der Waals surface area contributed by atoms with Crippen molar-refractivity contribution < 1.29 is 9.13 Å². The molecular weight excluding hydrogens is 281 g/mol. The molecule has 1 aliphatic rings. The maximum atomic E-state index is 13.6. The molecule has 118 valence electrons. The quantitative estimate of drug-likeness (QED) is 0.822. The van der Waals surface area contributed by atoms with E-state index in [1.165, 1.54) is 6.07 Å². The molecule has 1 aliphatic heterocycles. The predicted octanol–water partition coefficient (Wildman–Crippen LogP) is 2.70. The van der Waals surface area contributed by atoms with E-state index in [1.807, 2.05) is 23.0 Å². The summed E-state index contributed by atoms with van der Waals surface area (Å²) in [6.07, 6.45) is 6.14. The topological polar surface area (TPSA) is 30.3 Å². The molecular formula is C17H22FN3O. The highest BCUT2D eigenvalue weighted by Crippen LogP contribution is 2.16. The second-order valence-electron chi connectivity index (χ2n) is 5.74. The third-order valence-electron chi connectivity index (χ3n) is 4.10. The average Bonchev–Trinajstić information content (AvgIpc) is 3.06. The maximum absolute atomic E-state index is 13.6. The Hall–Kier alpha value is -1.72. The molecule has 0 amide bonds. The largest absolute Gasteiger partial charge is 0.372 e. The third kappa shape index (κ3) is 4.15. The van der Waals surface area contributed by atoms with E-state index in [0.29, 0.717) is 12.2 Å². The molecule has 22 heavy (non-hydrogen) atoms. The Morgan fingerprint density at radius 3 is 2.95 bits per heavy atom. The van der Waals surface area contributed by atoms with Gasteiger partial charge in [0.15, 0.2) is 0 Å². The van der Waals surface area contributed by atoms with Crippen molar-refractivity contribution in [1.82, 2.24) is 14.7 Å². The number of piperidine rings is 1. The smallest absolute Gasteiger partial charge is 0.128 e. The molecule has 0 spiro atoms. The van der Waals surface area contributed by atoms with E-state index in [0.717, 1.165) is 39.0 Å². The van der Waals surface area contributed by atoms with Crippen molar-refractivity contribution in [1.29, 1.82) is 0 Å². The minimum Gasteiger partial charge on any atom is -0.372 e. The molecule has 0 saturated carbocycles. The summed E-state index contributed by atoms with van der Waals surface area (Å²) in [5, 5.41) is 4.22. The lowest BCUT2D eigenvalue weighted by atomic mass is 10.1. The van der Waals surface area contributed by atoms with E-state index in [1.54, 1.807) is 18.3 Å². The molecule has 0 aliphatic carbocycles. The van der Waals surface area contributed by atoms with E-state index in [2.05, 4.69) is 10.00 Å². The predicted molar refractivity (Wildman–Crippen MR) is 82.9 cm³/mol. The van der Waals surface area contributed by atoms with Crippen LogP contribution in [-0.4, -0.2) is 40.4 Å². The fourth-order valence-corrected chi connectivity index (χ4v) is 2.85. The van der Waals surface area contributed by atoms with Crippen LogP contribution in [0.4, 0.5) is 4.39 Å². The molecule has 2 heterocycles. The Labute approximate surface area is 130 Å². The van der Waals surface area contributed by atoms with Crippen molar-refractivity contribution in [2.45, 2.75) is 32.1 Å². The summed E-state index contributed by atoms with van der Waals surface area (Å²) in [5.74, 6) is -0.186. The van der Waals surface area contributed by atoms with Crippen LogP contribution >= 0.6 is 0 Å². The van der Waals surface area contributed by atoms with Gasteiger partial charge in [-0.05, 0) is 31.5 Å². The minimum absolute atomic E-state index is 0.186. The van der Waals surface area contributed by atoms with E-state index in [9.17, 15) is 4.39 Å². The molecule has 0 radical (unpaired) electrons. The first-order chi connectivity index (χ1) is 10.8. The normalized spacial score (nSPS) is 19.4. The molecule has 0 bridgehead atoms. The van der Waals surface area contributed by atoms with Gasteiger partial charge in [-0.25, -0.2) is 4.39 Å². The Balaban J connectivity index is 1.45. The fourth-order valence-electron chi connectivity index (χ4n) is 2.85. The minimum atomic E-state index is -0.186. The van der Waals surface area contributed by atoms with Crippen LogP contribution in [0.25, 0.3) is 0 Å². The van der Waals surface area contributed by atoms with Gasteiger partial charge >= 0.3 is 0 Å². The summed E-state index contributed by atoms with van der Waals surface area (Å²) in [4.78, 5) is 2.40. The van der Waals surface area contributed by atoms with Crippen molar-refractivity contribution in [2.24, 2.45) is 0 Å². The van der Waals surface area contributed by atoms with Crippen molar-refractivity contribution in [2.75, 3.05) is 19.6 Å². The number of aromatic nitrogens is 2. The number of halogens is 1. The van der Waals surface area contributed by atoms with Gasteiger partial charge in [0.2, 0.25) is 0 Å². The lowest BCUT2D eigenvalue weighted by Gasteiger charge is -2.32. The first-order valence-electron chi connectivity index (χ1n) is 7.86. The first kappa shape index (κ1) is 15.2. The summed E-state index contributed by atoms with van der Waals surface area (Å²) in [6.45, 7) is 4.23. The van der Waals surface area contributed by atoms with Gasteiger partial charge in [-0.1, -0.05) is 18.2 Å². The second kappa shape index (κ2) is 7.51. The number of hydrogen-bond donors (Lipinski definition) is 0. The summed E-state index contributed by atoms with van der Waals surface area (Å²) < 4.78 is 21.5. The SMILES string of the molecule is Fc1ccccc1CO[C@H]1CCCN(CCn2cccn2)C1. The van der Waals surface area contributed by atoms with Gasteiger partial charge in [0.1, 0.15) is 5.82 Å². The number of ether oxygens (including phenoxy) is 1. The lowest BCUT2D eigenvalue weighted by Crippen LogP contribution is -2.41. The number of nitrogens with zero attached hydrogens (tertiary/aromatic N) is 3. The van der Waals surface area contributed by atoms with Crippen LogP contribution in [0.5, 0.6) is 0 Å². The highest BCUT2D eigenvalue weighted by atomic mass is 19.1. The van der Waals surface area contributed by atoms with Crippen molar-refractivity contribution in [3.8, 4) is 0 Å². The van der Waals surface area contributed by atoms with E-state index in [4.69, 9.17) is 4.74 Å². The molecule has 1 fully saturated rings. The van der Waals surface area contributed by atoms with Gasteiger partial charge in [-0.15, -0.1) is 0 Å². The van der Waals surface area contributed by atoms with Crippen LogP contribution in [0.1, 0.15) is 18.4 Å². The first-order valence-corrected chi connectivity index (χ1v) is 7.86. The van der Waals surface area contributed by atoms with Crippen molar-refractivity contribution >= 4 is 0 Å². The standard InChI is InChI=1S/C17H22FN3O/c18-17-7-2-1-5-15(17)14-22-16-6-3-9-20(13-16)11-12-21-10-4-8-19-21/h1-2,4-5,7-8,10,16H,3,6,9,11-14H2/t16-/m0/s1. The number of hydrogen-bond acceptors (Lipinski definition) is 3. The fraction of sp³-hybridized carbons (Fsp3) is 0.471. The Morgan fingerprint density at radius 2 is 2.14 bits per heavy atom.